The largest absolute Gasteiger partial charge is 0.496 e. The molecule has 0 amide bonds. The molecule has 0 bridgehead atoms. The first-order valence-electron chi connectivity index (χ1n) is 8.08. The van der Waals surface area contributed by atoms with Crippen LogP contribution in [-0.4, -0.2) is 22.6 Å². The number of aromatic nitrogens is 1. The number of aromatic carboxylic acids is 1. The first-order chi connectivity index (χ1) is 11.6. The first-order valence-corrected chi connectivity index (χ1v) is 8.08. The van der Waals surface area contributed by atoms with Crippen LogP contribution in [0, 0.1) is 0 Å². The predicted octanol–water partition coefficient (Wildman–Crippen LogP) is 4.83. The van der Waals surface area contributed by atoms with Gasteiger partial charge in [-0.3, -0.25) is 0 Å². The molecule has 4 nitrogen and oxygen atoms in total. The third-order valence-electron chi connectivity index (χ3n) is 4.58. The van der Waals surface area contributed by atoms with Crippen LogP contribution in [0.5, 0.6) is 5.75 Å². The van der Waals surface area contributed by atoms with Crippen LogP contribution >= 0.6 is 0 Å². The second-order valence-corrected chi connectivity index (χ2v) is 5.98. The van der Waals surface area contributed by atoms with E-state index in [4.69, 9.17) is 4.74 Å². The maximum Gasteiger partial charge on any atom is 0.338 e. The van der Waals surface area contributed by atoms with Crippen molar-refractivity contribution in [3.05, 3.63) is 59.9 Å². The molecule has 0 saturated carbocycles. The number of ether oxygens (including phenoxy) is 1. The van der Waals surface area contributed by atoms with Crippen molar-refractivity contribution in [2.24, 2.45) is 0 Å². The van der Waals surface area contributed by atoms with Crippen LogP contribution in [0.15, 0.2) is 48.8 Å². The van der Waals surface area contributed by atoms with Crippen LogP contribution in [0.4, 0.5) is 0 Å². The molecule has 0 aliphatic rings. The molecule has 3 rings (SSSR count). The van der Waals surface area contributed by atoms with Crippen LogP contribution in [-0.2, 0) is 0 Å². The van der Waals surface area contributed by atoms with Crippen molar-refractivity contribution in [2.45, 2.75) is 26.2 Å². The molecule has 0 radical (unpaired) electrons. The van der Waals surface area contributed by atoms with E-state index in [1.165, 1.54) is 0 Å². The van der Waals surface area contributed by atoms with Gasteiger partial charge in [0.15, 0.2) is 0 Å². The molecule has 0 saturated heterocycles. The number of rotatable bonds is 5. The fourth-order valence-electron chi connectivity index (χ4n) is 3.07. The highest BCUT2D eigenvalue weighted by Crippen LogP contribution is 2.35. The third kappa shape index (κ3) is 2.64. The Kier molecular flexibility index (Phi) is 4.30. The van der Waals surface area contributed by atoms with Gasteiger partial charge in [0.1, 0.15) is 5.75 Å². The highest BCUT2D eigenvalue weighted by molar-refractivity contribution is 6.03. The molecule has 1 atom stereocenters. The monoisotopic (exact) mass is 323 g/mol. The SMILES string of the molecule is CCC(C)c1cc(-c2cn3ccccc3c2C(=O)O)ccc1OC. The Hall–Kier alpha value is -2.75. The highest BCUT2D eigenvalue weighted by atomic mass is 16.5. The van der Waals surface area contributed by atoms with E-state index in [0.717, 1.165) is 28.9 Å². The van der Waals surface area contributed by atoms with E-state index in [2.05, 4.69) is 13.8 Å². The minimum Gasteiger partial charge on any atom is -0.496 e. The van der Waals surface area contributed by atoms with Crippen LogP contribution < -0.4 is 4.74 Å². The van der Waals surface area contributed by atoms with E-state index in [-0.39, 0.29) is 0 Å². The zero-order chi connectivity index (χ0) is 17.3. The van der Waals surface area contributed by atoms with Crippen molar-refractivity contribution in [1.82, 2.24) is 4.40 Å². The molecule has 2 heterocycles. The number of fused-ring (bicyclic) bond motifs is 1. The van der Waals surface area contributed by atoms with Gasteiger partial charge in [0.25, 0.3) is 0 Å². The second-order valence-electron chi connectivity index (χ2n) is 5.98. The van der Waals surface area contributed by atoms with Crippen molar-refractivity contribution >= 4 is 11.5 Å². The molecular formula is C20H21NO3. The first kappa shape index (κ1) is 16.1. The summed E-state index contributed by atoms with van der Waals surface area (Å²) in [5, 5.41) is 9.70. The van der Waals surface area contributed by atoms with Gasteiger partial charge >= 0.3 is 5.97 Å². The molecule has 2 aromatic heterocycles. The van der Waals surface area contributed by atoms with Gasteiger partial charge < -0.3 is 14.2 Å². The minimum atomic E-state index is -0.917. The molecule has 3 aromatic rings. The smallest absolute Gasteiger partial charge is 0.338 e. The van der Waals surface area contributed by atoms with Gasteiger partial charge in [-0.05, 0) is 47.7 Å². The number of nitrogens with zero attached hydrogens (tertiary/aromatic N) is 1. The summed E-state index contributed by atoms with van der Waals surface area (Å²) in [6, 6.07) is 11.5. The molecule has 0 fully saturated rings. The van der Waals surface area contributed by atoms with Crippen molar-refractivity contribution in [1.29, 1.82) is 0 Å². The summed E-state index contributed by atoms with van der Waals surface area (Å²) in [6.45, 7) is 4.28. The number of hydrogen-bond acceptors (Lipinski definition) is 2. The Morgan fingerprint density at radius 3 is 2.75 bits per heavy atom. The summed E-state index contributed by atoms with van der Waals surface area (Å²) in [6.07, 6.45) is 4.73. The van der Waals surface area contributed by atoms with Gasteiger partial charge in [0, 0.05) is 18.0 Å². The Bertz CT molecular complexity index is 895. The second kappa shape index (κ2) is 6.40. The van der Waals surface area contributed by atoms with E-state index in [9.17, 15) is 9.90 Å². The van der Waals surface area contributed by atoms with Gasteiger partial charge in [-0.1, -0.05) is 26.0 Å². The number of carboxylic acid groups (broad SMARTS) is 1. The minimum absolute atomic E-state index is 0.330. The van der Waals surface area contributed by atoms with Gasteiger partial charge in [-0.2, -0.15) is 0 Å². The van der Waals surface area contributed by atoms with E-state index in [1.807, 2.05) is 53.2 Å². The fourth-order valence-corrected chi connectivity index (χ4v) is 3.07. The normalized spacial score (nSPS) is 12.3. The Balaban J connectivity index is 2.24. The molecule has 124 valence electrons. The molecule has 0 spiro atoms. The van der Waals surface area contributed by atoms with Gasteiger partial charge in [-0.25, -0.2) is 4.79 Å². The van der Waals surface area contributed by atoms with Gasteiger partial charge in [0.05, 0.1) is 18.2 Å². The van der Waals surface area contributed by atoms with E-state index >= 15 is 0 Å². The third-order valence-corrected chi connectivity index (χ3v) is 4.58. The Labute approximate surface area is 141 Å². The number of carbonyl (C=O) groups is 1. The fraction of sp³-hybridized carbons (Fsp3) is 0.250. The number of carboxylic acids is 1. The number of pyridine rings is 1. The zero-order valence-corrected chi connectivity index (χ0v) is 14.1. The van der Waals surface area contributed by atoms with Crippen molar-refractivity contribution < 1.29 is 14.6 Å². The van der Waals surface area contributed by atoms with Crippen LogP contribution in [0.25, 0.3) is 16.6 Å². The quantitative estimate of drug-likeness (QED) is 0.732. The molecule has 0 aliphatic heterocycles. The number of hydrogen-bond donors (Lipinski definition) is 1. The van der Waals surface area contributed by atoms with Crippen molar-refractivity contribution in [3.63, 3.8) is 0 Å². The molecular weight excluding hydrogens is 302 g/mol. The number of benzene rings is 1. The summed E-state index contributed by atoms with van der Waals surface area (Å²) in [7, 11) is 1.66. The van der Waals surface area contributed by atoms with E-state index < -0.39 is 5.97 Å². The Morgan fingerprint density at radius 2 is 2.08 bits per heavy atom. The van der Waals surface area contributed by atoms with Crippen LogP contribution in [0.3, 0.4) is 0 Å². The summed E-state index contributed by atoms with van der Waals surface area (Å²) in [5.74, 6) is 0.263. The lowest BCUT2D eigenvalue weighted by Crippen LogP contribution is -2.00. The topological polar surface area (TPSA) is 50.9 Å². The van der Waals surface area contributed by atoms with E-state index in [0.29, 0.717) is 17.0 Å². The predicted molar refractivity (Wildman–Crippen MR) is 95.1 cm³/mol. The summed E-state index contributed by atoms with van der Waals surface area (Å²) >= 11 is 0. The molecule has 0 aliphatic carbocycles. The maximum atomic E-state index is 11.8. The lowest BCUT2D eigenvalue weighted by Gasteiger charge is -2.15. The van der Waals surface area contributed by atoms with Crippen molar-refractivity contribution in [3.8, 4) is 16.9 Å². The maximum absolute atomic E-state index is 11.8. The van der Waals surface area contributed by atoms with Crippen molar-refractivity contribution in [2.75, 3.05) is 7.11 Å². The summed E-state index contributed by atoms with van der Waals surface area (Å²) < 4.78 is 7.33. The molecule has 1 unspecified atom stereocenters. The van der Waals surface area contributed by atoms with Crippen LogP contribution in [0.2, 0.25) is 0 Å². The summed E-state index contributed by atoms with van der Waals surface area (Å²) in [5.41, 5.74) is 3.74. The van der Waals surface area contributed by atoms with Gasteiger partial charge in [0.2, 0.25) is 0 Å². The Morgan fingerprint density at radius 1 is 1.29 bits per heavy atom. The lowest BCUT2D eigenvalue weighted by atomic mass is 9.93. The molecule has 24 heavy (non-hydrogen) atoms. The summed E-state index contributed by atoms with van der Waals surface area (Å²) in [4.78, 5) is 11.8. The number of methoxy groups -OCH3 is 1. The average molecular weight is 323 g/mol. The molecule has 1 aromatic carbocycles. The standard InChI is InChI=1S/C20H21NO3/c1-4-13(2)15-11-14(8-9-18(15)24-3)16-12-21-10-6-5-7-17(21)19(16)20(22)23/h5-13H,4H2,1-3H3,(H,22,23). The highest BCUT2D eigenvalue weighted by Gasteiger charge is 2.20. The van der Waals surface area contributed by atoms with E-state index in [1.54, 1.807) is 7.11 Å². The zero-order valence-electron chi connectivity index (χ0n) is 14.1. The van der Waals surface area contributed by atoms with Crippen LogP contribution in [0.1, 0.15) is 42.1 Å². The molecule has 4 heteroatoms. The molecule has 1 N–H and O–H groups in total. The lowest BCUT2D eigenvalue weighted by molar-refractivity contribution is 0.0700. The van der Waals surface area contributed by atoms with Gasteiger partial charge in [-0.15, -0.1) is 0 Å². The average Bonchev–Trinajstić information content (AvgIpc) is 3.00.